The van der Waals surface area contributed by atoms with Gasteiger partial charge in [0.15, 0.2) is 5.65 Å². The maximum absolute atomic E-state index is 12.8. The van der Waals surface area contributed by atoms with E-state index >= 15 is 0 Å². The van der Waals surface area contributed by atoms with Crippen molar-refractivity contribution in [1.82, 2.24) is 15.0 Å². The molecule has 6 heteroatoms. The number of hydrogen-bond donors (Lipinski definition) is 1. The van der Waals surface area contributed by atoms with Gasteiger partial charge in [-0.2, -0.15) is 16.3 Å². The van der Waals surface area contributed by atoms with Crippen LogP contribution in [-0.2, 0) is 13.0 Å². The Morgan fingerprint density at radius 2 is 2.00 bits per heavy atom. The van der Waals surface area contributed by atoms with Crippen LogP contribution in [0.15, 0.2) is 58.1 Å². The van der Waals surface area contributed by atoms with Gasteiger partial charge in [-0.3, -0.25) is 9.78 Å². The molecular weight excluding hydrogens is 344 g/mol. The van der Waals surface area contributed by atoms with Crippen LogP contribution in [0.2, 0.25) is 0 Å². The number of aromatic amines is 1. The van der Waals surface area contributed by atoms with E-state index in [1.54, 1.807) is 17.5 Å². The Bertz CT molecular complexity index is 1150. The number of fused-ring (bicyclic) bond motifs is 2. The number of hydrogen-bond acceptors (Lipinski definition) is 5. The number of H-pyrrole nitrogens is 1. The quantitative estimate of drug-likeness (QED) is 0.593. The highest BCUT2D eigenvalue weighted by Gasteiger charge is 2.19. The summed E-state index contributed by atoms with van der Waals surface area (Å²) in [5, 5.41) is 4.58. The average Bonchev–Trinajstić information content (AvgIpc) is 3.21. The summed E-state index contributed by atoms with van der Waals surface area (Å²) < 4.78 is 0. The number of thiophene rings is 1. The van der Waals surface area contributed by atoms with Crippen LogP contribution in [0.3, 0.4) is 0 Å². The molecule has 0 radical (unpaired) electrons. The minimum Gasteiger partial charge on any atom is -0.338 e. The van der Waals surface area contributed by atoms with Crippen LogP contribution in [0.4, 0.5) is 5.95 Å². The van der Waals surface area contributed by atoms with Gasteiger partial charge in [-0.15, -0.1) is 0 Å². The Kier molecular flexibility index (Phi) is 3.57. The van der Waals surface area contributed by atoms with Crippen LogP contribution in [-0.4, -0.2) is 21.5 Å². The van der Waals surface area contributed by atoms with E-state index in [0.29, 0.717) is 17.0 Å². The van der Waals surface area contributed by atoms with Crippen LogP contribution in [0.25, 0.3) is 22.2 Å². The molecule has 0 fully saturated rings. The van der Waals surface area contributed by atoms with Crippen LogP contribution in [0, 0.1) is 0 Å². The fourth-order valence-corrected chi connectivity index (χ4v) is 4.19. The molecule has 5 rings (SSSR count). The molecule has 1 aliphatic heterocycles. The minimum absolute atomic E-state index is 0.141. The molecule has 0 bridgehead atoms. The first-order chi connectivity index (χ1) is 12.8. The molecule has 0 saturated carbocycles. The van der Waals surface area contributed by atoms with Gasteiger partial charge in [-0.1, -0.05) is 24.3 Å². The minimum atomic E-state index is -0.141. The first kappa shape index (κ1) is 15.3. The first-order valence-corrected chi connectivity index (χ1v) is 9.47. The molecule has 128 valence electrons. The summed E-state index contributed by atoms with van der Waals surface area (Å²) in [6, 6.07) is 12.3. The Morgan fingerprint density at radius 1 is 1.12 bits per heavy atom. The first-order valence-electron chi connectivity index (χ1n) is 8.53. The molecule has 4 heterocycles. The predicted molar refractivity (Wildman–Crippen MR) is 105 cm³/mol. The summed E-state index contributed by atoms with van der Waals surface area (Å²) >= 11 is 1.61. The number of anilines is 1. The number of nitrogens with one attached hydrogen (secondary N) is 1. The van der Waals surface area contributed by atoms with E-state index in [9.17, 15) is 4.79 Å². The third kappa shape index (κ3) is 2.50. The van der Waals surface area contributed by atoms with Crippen LogP contribution in [0.5, 0.6) is 0 Å². The van der Waals surface area contributed by atoms with Gasteiger partial charge >= 0.3 is 0 Å². The number of nitrogens with zero attached hydrogens (tertiary/aromatic N) is 3. The summed E-state index contributed by atoms with van der Waals surface area (Å²) in [6.07, 6.45) is 2.66. The number of aromatic nitrogens is 3. The second-order valence-electron chi connectivity index (χ2n) is 6.40. The topological polar surface area (TPSA) is 61.9 Å². The van der Waals surface area contributed by atoms with Gasteiger partial charge in [-0.25, -0.2) is 4.98 Å². The van der Waals surface area contributed by atoms with Crippen LogP contribution < -0.4 is 10.5 Å². The Hall–Kier alpha value is -2.99. The lowest BCUT2D eigenvalue weighted by atomic mass is 10.0. The summed E-state index contributed by atoms with van der Waals surface area (Å²) in [5.41, 5.74) is 4.89. The summed E-state index contributed by atoms with van der Waals surface area (Å²) in [5.74, 6) is 0.590. The SMILES string of the molecule is O=c1[nH]c(N2CCc3ccccc3C2)nc2nccc(-c3ccsc3)c12. The third-order valence-electron chi connectivity index (χ3n) is 4.86. The van der Waals surface area contributed by atoms with Gasteiger partial charge in [0.25, 0.3) is 5.56 Å². The predicted octanol–water partition coefficient (Wildman–Crippen LogP) is 3.61. The Balaban J connectivity index is 1.60. The molecule has 4 aromatic rings. The Morgan fingerprint density at radius 3 is 2.85 bits per heavy atom. The smallest absolute Gasteiger partial charge is 0.262 e. The fraction of sp³-hybridized carbons (Fsp3) is 0.150. The molecule has 0 aliphatic carbocycles. The molecule has 0 amide bonds. The molecule has 1 aliphatic rings. The monoisotopic (exact) mass is 360 g/mol. The number of pyridine rings is 1. The van der Waals surface area contributed by atoms with E-state index < -0.39 is 0 Å². The molecule has 3 aromatic heterocycles. The molecule has 0 atom stereocenters. The maximum Gasteiger partial charge on any atom is 0.262 e. The van der Waals surface area contributed by atoms with E-state index in [0.717, 1.165) is 30.6 Å². The van der Waals surface area contributed by atoms with Crippen LogP contribution >= 0.6 is 11.3 Å². The highest BCUT2D eigenvalue weighted by Crippen LogP contribution is 2.27. The molecule has 26 heavy (non-hydrogen) atoms. The summed E-state index contributed by atoms with van der Waals surface area (Å²) in [4.78, 5) is 27.0. The third-order valence-corrected chi connectivity index (χ3v) is 5.54. The molecule has 0 unspecified atom stereocenters. The second-order valence-corrected chi connectivity index (χ2v) is 7.18. The summed E-state index contributed by atoms with van der Waals surface area (Å²) in [7, 11) is 0. The van der Waals surface area contributed by atoms with Crippen LogP contribution in [0.1, 0.15) is 11.1 Å². The van der Waals surface area contributed by atoms with Gasteiger partial charge in [0.2, 0.25) is 5.95 Å². The van der Waals surface area contributed by atoms with E-state index in [4.69, 9.17) is 0 Å². The summed E-state index contributed by atoms with van der Waals surface area (Å²) in [6.45, 7) is 1.57. The maximum atomic E-state index is 12.8. The normalized spacial score (nSPS) is 13.8. The van der Waals surface area contributed by atoms with E-state index in [2.05, 4.69) is 38.1 Å². The lowest BCUT2D eigenvalue weighted by Crippen LogP contribution is -2.33. The van der Waals surface area contributed by atoms with Gasteiger partial charge in [0.05, 0.1) is 5.39 Å². The van der Waals surface area contributed by atoms with Crippen molar-refractivity contribution in [2.45, 2.75) is 13.0 Å². The second kappa shape index (κ2) is 6.07. The molecule has 1 N–H and O–H groups in total. The average molecular weight is 360 g/mol. The van der Waals surface area contributed by atoms with Crippen molar-refractivity contribution < 1.29 is 0 Å². The number of benzene rings is 1. The van der Waals surface area contributed by atoms with Crippen molar-refractivity contribution >= 4 is 28.3 Å². The lowest BCUT2D eigenvalue weighted by Gasteiger charge is -2.29. The van der Waals surface area contributed by atoms with Crippen molar-refractivity contribution in [2.24, 2.45) is 0 Å². The van der Waals surface area contributed by atoms with Crippen molar-refractivity contribution in [3.05, 3.63) is 74.8 Å². The molecule has 0 saturated heterocycles. The Labute approximate surface area is 154 Å². The molecule has 5 nitrogen and oxygen atoms in total. The highest BCUT2D eigenvalue weighted by atomic mass is 32.1. The van der Waals surface area contributed by atoms with E-state index in [-0.39, 0.29) is 5.56 Å². The lowest BCUT2D eigenvalue weighted by molar-refractivity contribution is 0.708. The zero-order valence-electron chi connectivity index (χ0n) is 14.0. The molecular formula is C20H16N4OS. The van der Waals surface area contributed by atoms with Gasteiger partial charge in [0, 0.05) is 24.8 Å². The van der Waals surface area contributed by atoms with Gasteiger partial charge in [0.1, 0.15) is 0 Å². The standard InChI is InChI=1S/C20H16N4OS/c25-19-17-16(15-7-10-26-12-15)5-8-21-18(17)22-20(23-19)24-9-6-13-3-1-2-4-14(13)11-24/h1-5,7-8,10,12H,6,9,11H2,(H,21,22,23,25). The van der Waals surface area contributed by atoms with E-state index in [1.165, 1.54) is 11.1 Å². The van der Waals surface area contributed by atoms with Crippen molar-refractivity contribution in [3.8, 4) is 11.1 Å². The zero-order chi connectivity index (χ0) is 17.5. The van der Waals surface area contributed by atoms with E-state index in [1.807, 2.05) is 29.0 Å². The van der Waals surface area contributed by atoms with Gasteiger partial charge in [-0.05, 0) is 46.0 Å². The van der Waals surface area contributed by atoms with Crippen molar-refractivity contribution in [2.75, 3.05) is 11.4 Å². The molecule has 0 spiro atoms. The van der Waals surface area contributed by atoms with Crippen molar-refractivity contribution in [3.63, 3.8) is 0 Å². The van der Waals surface area contributed by atoms with Crippen molar-refractivity contribution in [1.29, 1.82) is 0 Å². The highest BCUT2D eigenvalue weighted by molar-refractivity contribution is 7.08. The van der Waals surface area contributed by atoms with Gasteiger partial charge < -0.3 is 4.90 Å². The molecule has 1 aromatic carbocycles. The largest absolute Gasteiger partial charge is 0.338 e. The number of rotatable bonds is 2. The fourth-order valence-electron chi connectivity index (χ4n) is 3.54. The zero-order valence-corrected chi connectivity index (χ0v) is 14.8.